The van der Waals surface area contributed by atoms with Gasteiger partial charge in [0.2, 0.25) is 0 Å². The molecule has 0 aliphatic carbocycles. The molecule has 0 unspecified atom stereocenters. The van der Waals surface area contributed by atoms with Crippen LogP contribution >= 0.6 is 0 Å². The van der Waals surface area contributed by atoms with Gasteiger partial charge < -0.3 is 0 Å². The fraction of sp³-hybridized carbons (Fsp3) is 0.364. The highest BCUT2D eigenvalue weighted by Gasteiger charge is 2.29. The van der Waals surface area contributed by atoms with Crippen LogP contribution in [0.15, 0.2) is 12.1 Å². The summed E-state index contributed by atoms with van der Waals surface area (Å²) >= 11 is 0. The summed E-state index contributed by atoms with van der Waals surface area (Å²) in [6.45, 7) is 1.91. The monoisotopic (exact) mass is 282 g/mol. The Kier molecular flexibility index (Phi) is 5.07. The molecule has 0 aromatic heterocycles. The van der Waals surface area contributed by atoms with Gasteiger partial charge in [-0.15, -0.1) is 0 Å². The third kappa shape index (κ3) is 3.46. The van der Waals surface area contributed by atoms with Crippen molar-refractivity contribution < 1.29 is 14.8 Å². The number of non-ortho nitro benzene ring substituents is 1. The summed E-state index contributed by atoms with van der Waals surface area (Å²) in [7, 11) is 0. The standard InChI is InChI=1S/C11H12N3O6/c1-2-3-4-5-9-10(13(17)18)6-8(12(15)16)7-11(9)14(19)20/h5-7H,2-4H2,1H3. The second-order valence-electron chi connectivity index (χ2n) is 4.02. The fourth-order valence-corrected chi connectivity index (χ4v) is 1.68. The summed E-state index contributed by atoms with van der Waals surface area (Å²) in [6.07, 6.45) is 3.34. The molecular formula is C11H12N3O6. The number of nitro groups is 3. The third-order valence-electron chi connectivity index (χ3n) is 2.63. The largest absolute Gasteiger partial charge is 0.286 e. The molecule has 0 aliphatic heterocycles. The summed E-state index contributed by atoms with van der Waals surface area (Å²) in [5.74, 6) is 0. The number of benzene rings is 1. The van der Waals surface area contributed by atoms with Crippen molar-refractivity contribution >= 4 is 17.1 Å². The van der Waals surface area contributed by atoms with E-state index in [1.165, 1.54) is 6.42 Å². The lowest BCUT2D eigenvalue weighted by Crippen LogP contribution is -2.02. The molecule has 107 valence electrons. The lowest BCUT2D eigenvalue weighted by molar-refractivity contribution is -0.403. The highest BCUT2D eigenvalue weighted by molar-refractivity contribution is 5.63. The predicted molar refractivity (Wildman–Crippen MR) is 69.3 cm³/mol. The van der Waals surface area contributed by atoms with Gasteiger partial charge in [-0.3, -0.25) is 30.3 Å². The summed E-state index contributed by atoms with van der Waals surface area (Å²) in [6, 6.07) is 1.48. The molecule has 0 heterocycles. The smallest absolute Gasteiger partial charge is 0.258 e. The summed E-state index contributed by atoms with van der Waals surface area (Å²) in [5, 5.41) is 32.6. The van der Waals surface area contributed by atoms with Crippen molar-refractivity contribution in [3.63, 3.8) is 0 Å². The van der Waals surface area contributed by atoms with Gasteiger partial charge in [0.15, 0.2) is 0 Å². The molecule has 20 heavy (non-hydrogen) atoms. The Hall–Kier alpha value is -2.58. The van der Waals surface area contributed by atoms with Crippen LogP contribution in [0, 0.1) is 36.8 Å². The average molecular weight is 282 g/mol. The maximum Gasteiger partial charge on any atom is 0.286 e. The number of nitrogens with zero attached hydrogens (tertiary/aromatic N) is 3. The van der Waals surface area contributed by atoms with Crippen LogP contribution in [0.5, 0.6) is 0 Å². The fourth-order valence-electron chi connectivity index (χ4n) is 1.68. The van der Waals surface area contributed by atoms with Gasteiger partial charge in [0.1, 0.15) is 5.56 Å². The molecule has 0 saturated heterocycles. The molecule has 0 bridgehead atoms. The molecule has 1 radical (unpaired) electrons. The first-order chi connectivity index (χ1) is 9.38. The lowest BCUT2D eigenvalue weighted by Gasteiger charge is -2.04. The summed E-state index contributed by atoms with van der Waals surface area (Å²) in [4.78, 5) is 30.0. The van der Waals surface area contributed by atoms with E-state index in [0.717, 1.165) is 18.6 Å². The topological polar surface area (TPSA) is 129 Å². The zero-order valence-corrected chi connectivity index (χ0v) is 10.6. The van der Waals surface area contributed by atoms with Gasteiger partial charge >= 0.3 is 0 Å². The Morgan fingerprint density at radius 3 is 1.85 bits per heavy atom. The number of rotatable bonds is 7. The van der Waals surface area contributed by atoms with Crippen LogP contribution in [-0.2, 0) is 0 Å². The maximum absolute atomic E-state index is 10.9. The van der Waals surface area contributed by atoms with Crippen LogP contribution in [0.4, 0.5) is 17.1 Å². The van der Waals surface area contributed by atoms with Crippen molar-refractivity contribution in [1.29, 1.82) is 0 Å². The van der Waals surface area contributed by atoms with Crippen LogP contribution in [0.3, 0.4) is 0 Å². The van der Waals surface area contributed by atoms with E-state index in [1.54, 1.807) is 0 Å². The Balaban J connectivity index is 3.39. The highest BCUT2D eigenvalue weighted by atomic mass is 16.6. The predicted octanol–water partition coefficient (Wildman–Crippen LogP) is 3.15. The molecule has 1 aromatic carbocycles. The first-order valence-electron chi connectivity index (χ1n) is 5.82. The van der Waals surface area contributed by atoms with Gasteiger partial charge in [-0.25, -0.2) is 0 Å². The molecule has 0 spiro atoms. The van der Waals surface area contributed by atoms with Gasteiger partial charge in [0.05, 0.1) is 26.9 Å². The van der Waals surface area contributed by atoms with Gasteiger partial charge in [-0.2, -0.15) is 0 Å². The van der Waals surface area contributed by atoms with Gasteiger partial charge in [-0.05, 0) is 6.42 Å². The van der Waals surface area contributed by atoms with Gasteiger partial charge in [-0.1, -0.05) is 19.8 Å². The Morgan fingerprint density at radius 2 is 1.50 bits per heavy atom. The number of hydrogen-bond acceptors (Lipinski definition) is 6. The van der Waals surface area contributed by atoms with E-state index in [-0.39, 0.29) is 5.56 Å². The zero-order valence-electron chi connectivity index (χ0n) is 10.6. The molecule has 9 nitrogen and oxygen atoms in total. The van der Waals surface area contributed by atoms with Crippen molar-refractivity contribution in [3.05, 3.63) is 54.5 Å². The molecule has 1 aromatic rings. The average Bonchev–Trinajstić information content (AvgIpc) is 2.37. The van der Waals surface area contributed by atoms with E-state index in [9.17, 15) is 30.3 Å². The van der Waals surface area contributed by atoms with E-state index in [1.807, 2.05) is 6.92 Å². The zero-order chi connectivity index (χ0) is 15.3. The minimum Gasteiger partial charge on any atom is -0.258 e. The van der Waals surface area contributed by atoms with Crippen molar-refractivity contribution in [1.82, 2.24) is 0 Å². The number of hydrogen-bond donors (Lipinski definition) is 0. The molecular weight excluding hydrogens is 270 g/mol. The maximum atomic E-state index is 10.9. The molecule has 0 saturated carbocycles. The summed E-state index contributed by atoms with van der Waals surface area (Å²) < 4.78 is 0. The minimum atomic E-state index is -0.893. The molecule has 0 fully saturated rings. The Labute approximate surface area is 113 Å². The van der Waals surface area contributed by atoms with Crippen LogP contribution < -0.4 is 0 Å². The van der Waals surface area contributed by atoms with Crippen LogP contribution in [0.1, 0.15) is 31.7 Å². The Morgan fingerprint density at radius 1 is 1.00 bits per heavy atom. The van der Waals surface area contributed by atoms with Gasteiger partial charge in [0, 0.05) is 6.42 Å². The van der Waals surface area contributed by atoms with Gasteiger partial charge in [0.25, 0.3) is 17.1 Å². The molecule has 9 heteroatoms. The van der Waals surface area contributed by atoms with E-state index in [2.05, 4.69) is 0 Å². The number of nitro benzene ring substituents is 3. The first kappa shape index (κ1) is 15.5. The molecule has 0 amide bonds. The molecule has 0 aliphatic rings. The lowest BCUT2D eigenvalue weighted by atomic mass is 10.0. The van der Waals surface area contributed by atoms with Crippen molar-refractivity contribution in [2.45, 2.75) is 26.2 Å². The SMILES string of the molecule is CCCC[CH]c1c([N+](=O)[O-])cc([N+](=O)[O-])cc1[N+](=O)[O-]. The number of unbranched alkanes of at least 4 members (excludes halogenated alkanes) is 2. The van der Waals surface area contributed by atoms with Crippen molar-refractivity contribution in [3.8, 4) is 0 Å². The first-order valence-corrected chi connectivity index (χ1v) is 5.82. The molecule has 0 N–H and O–H groups in total. The van der Waals surface area contributed by atoms with Crippen LogP contribution in [0.25, 0.3) is 0 Å². The van der Waals surface area contributed by atoms with E-state index in [4.69, 9.17) is 0 Å². The molecule has 0 atom stereocenters. The molecule has 1 rings (SSSR count). The highest BCUT2D eigenvalue weighted by Crippen LogP contribution is 2.35. The van der Waals surface area contributed by atoms with Crippen LogP contribution in [-0.4, -0.2) is 14.8 Å². The van der Waals surface area contributed by atoms with Crippen LogP contribution in [0.2, 0.25) is 0 Å². The van der Waals surface area contributed by atoms with Crippen molar-refractivity contribution in [2.24, 2.45) is 0 Å². The second kappa shape index (κ2) is 6.55. The second-order valence-corrected chi connectivity index (χ2v) is 4.02. The Bertz CT molecular complexity index is 522. The summed E-state index contributed by atoms with van der Waals surface area (Å²) in [5.41, 5.74) is -2.10. The van der Waals surface area contributed by atoms with E-state index < -0.39 is 31.8 Å². The minimum absolute atomic E-state index is 0.181. The van der Waals surface area contributed by atoms with E-state index >= 15 is 0 Å². The van der Waals surface area contributed by atoms with Crippen molar-refractivity contribution in [2.75, 3.05) is 0 Å². The third-order valence-corrected chi connectivity index (χ3v) is 2.63. The van der Waals surface area contributed by atoms with E-state index in [0.29, 0.717) is 12.8 Å². The quantitative estimate of drug-likeness (QED) is 0.429. The normalized spacial score (nSPS) is 10.2.